The van der Waals surface area contributed by atoms with Gasteiger partial charge in [0.05, 0.1) is 5.92 Å². The highest BCUT2D eigenvalue weighted by Crippen LogP contribution is 2.26. The Balaban J connectivity index is 1.87. The zero-order valence-electron chi connectivity index (χ0n) is 13.7. The Morgan fingerprint density at radius 1 is 1.39 bits per heavy atom. The lowest BCUT2D eigenvalue weighted by Crippen LogP contribution is -2.45. The fraction of sp³-hybridized carbons (Fsp3) is 0.688. The van der Waals surface area contributed by atoms with Crippen LogP contribution in [0, 0.1) is 5.92 Å². The number of hydrogen-bond donors (Lipinski definition) is 1. The van der Waals surface area contributed by atoms with Crippen LogP contribution in [0.1, 0.15) is 45.4 Å². The van der Waals surface area contributed by atoms with E-state index in [1.54, 1.807) is 17.5 Å². The highest BCUT2D eigenvalue weighted by Gasteiger charge is 2.33. The number of amides is 1. The van der Waals surface area contributed by atoms with Crippen molar-refractivity contribution in [2.24, 2.45) is 5.92 Å². The van der Waals surface area contributed by atoms with Gasteiger partial charge in [-0.05, 0) is 30.7 Å². The van der Waals surface area contributed by atoms with Gasteiger partial charge < -0.3 is 5.32 Å². The lowest BCUT2D eigenvalue weighted by Gasteiger charge is -2.30. The van der Waals surface area contributed by atoms with Gasteiger partial charge >= 0.3 is 0 Å². The molecule has 0 saturated carbocycles. The zero-order chi connectivity index (χ0) is 16.7. The predicted molar refractivity (Wildman–Crippen MR) is 93.0 cm³/mol. The molecule has 130 valence electrons. The van der Waals surface area contributed by atoms with Crippen LogP contribution in [-0.2, 0) is 14.8 Å². The Labute approximate surface area is 143 Å². The molecule has 0 bridgehead atoms. The van der Waals surface area contributed by atoms with Crippen molar-refractivity contribution in [1.82, 2.24) is 9.62 Å². The molecule has 1 atom stereocenters. The summed E-state index contributed by atoms with van der Waals surface area (Å²) in [6, 6.07) is 3.36. The molecule has 7 heteroatoms. The average molecular weight is 359 g/mol. The number of unbranched alkanes of at least 4 members (excludes halogenated alkanes) is 3. The quantitative estimate of drug-likeness (QED) is 0.727. The molecule has 1 aliphatic heterocycles. The highest BCUT2D eigenvalue weighted by molar-refractivity contribution is 7.91. The second-order valence-electron chi connectivity index (χ2n) is 5.99. The SMILES string of the molecule is CCCCCCNC(=O)C1CCCN(S(=O)(=O)c2cccs2)C1. The van der Waals surface area contributed by atoms with E-state index in [-0.39, 0.29) is 11.8 Å². The van der Waals surface area contributed by atoms with Gasteiger partial charge in [-0.1, -0.05) is 32.3 Å². The Bertz CT molecular complexity index is 584. The molecule has 1 saturated heterocycles. The molecule has 2 rings (SSSR count). The Morgan fingerprint density at radius 3 is 2.91 bits per heavy atom. The Morgan fingerprint density at radius 2 is 2.22 bits per heavy atom. The van der Waals surface area contributed by atoms with E-state index in [0.29, 0.717) is 23.8 Å². The molecule has 1 N–H and O–H groups in total. The van der Waals surface area contributed by atoms with Crippen LogP contribution in [0.2, 0.25) is 0 Å². The first-order valence-corrected chi connectivity index (χ1v) is 10.7. The van der Waals surface area contributed by atoms with Crippen LogP contribution < -0.4 is 5.32 Å². The van der Waals surface area contributed by atoms with Crippen molar-refractivity contribution < 1.29 is 13.2 Å². The van der Waals surface area contributed by atoms with Crippen LogP contribution >= 0.6 is 11.3 Å². The minimum atomic E-state index is -3.45. The van der Waals surface area contributed by atoms with Gasteiger partial charge in [-0.25, -0.2) is 8.42 Å². The Kier molecular flexibility index (Phi) is 7.05. The van der Waals surface area contributed by atoms with Gasteiger partial charge in [-0.3, -0.25) is 4.79 Å². The molecule has 1 aliphatic rings. The predicted octanol–water partition coefficient (Wildman–Crippen LogP) is 2.85. The van der Waals surface area contributed by atoms with Crippen LogP contribution in [0.4, 0.5) is 0 Å². The van der Waals surface area contributed by atoms with Gasteiger partial charge in [0.1, 0.15) is 4.21 Å². The monoisotopic (exact) mass is 358 g/mol. The van der Waals surface area contributed by atoms with Gasteiger partial charge in [0.25, 0.3) is 10.0 Å². The molecule has 0 radical (unpaired) electrons. The summed E-state index contributed by atoms with van der Waals surface area (Å²) in [5, 5.41) is 4.72. The van der Waals surface area contributed by atoms with Crippen molar-refractivity contribution in [3.63, 3.8) is 0 Å². The minimum absolute atomic E-state index is 0.00687. The topological polar surface area (TPSA) is 66.5 Å². The summed E-state index contributed by atoms with van der Waals surface area (Å²) in [5.41, 5.74) is 0. The molecule has 0 aromatic carbocycles. The third-order valence-corrected chi connectivity index (χ3v) is 7.41. The average Bonchev–Trinajstić information content (AvgIpc) is 3.10. The van der Waals surface area contributed by atoms with Crippen LogP contribution in [0.3, 0.4) is 0 Å². The van der Waals surface area contributed by atoms with Crippen molar-refractivity contribution in [1.29, 1.82) is 0 Å². The summed E-state index contributed by atoms with van der Waals surface area (Å²) in [7, 11) is -3.45. The van der Waals surface area contributed by atoms with E-state index in [0.717, 1.165) is 25.7 Å². The third kappa shape index (κ3) is 5.02. The van der Waals surface area contributed by atoms with Crippen molar-refractivity contribution in [3.05, 3.63) is 17.5 Å². The largest absolute Gasteiger partial charge is 0.356 e. The van der Waals surface area contributed by atoms with Crippen molar-refractivity contribution in [3.8, 4) is 0 Å². The van der Waals surface area contributed by atoms with Crippen LogP contribution in [-0.4, -0.2) is 38.3 Å². The van der Waals surface area contributed by atoms with Crippen molar-refractivity contribution in [2.75, 3.05) is 19.6 Å². The summed E-state index contributed by atoms with van der Waals surface area (Å²) in [5.74, 6) is -0.239. The second kappa shape index (κ2) is 8.80. The number of hydrogen-bond acceptors (Lipinski definition) is 4. The molecular weight excluding hydrogens is 332 g/mol. The molecule has 5 nitrogen and oxygen atoms in total. The molecule has 1 fully saturated rings. The fourth-order valence-corrected chi connectivity index (χ4v) is 5.49. The first kappa shape index (κ1) is 18.4. The first-order valence-electron chi connectivity index (χ1n) is 8.37. The summed E-state index contributed by atoms with van der Waals surface area (Å²) < 4.78 is 26.9. The number of piperidine rings is 1. The van der Waals surface area contributed by atoms with E-state index >= 15 is 0 Å². The van der Waals surface area contributed by atoms with Crippen molar-refractivity contribution in [2.45, 2.75) is 49.7 Å². The number of thiophene rings is 1. The normalized spacial score (nSPS) is 19.6. The van der Waals surface area contributed by atoms with Crippen molar-refractivity contribution >= 4 is 27.3 Å². The number of rotatable bonds is 8. The maximum absolute atomic E-state index is 12.6. The maximum atomic E-state index is 12.6. The van der Waals surface area contributed by atoms with E-state index in [1.807, 2.05) is 0 Å². The first-order chi connectivity index (χ1) is 11.1. The van der Waals surface area contributed by atoms with Crippen LogP contribution in [0.5, 0.6) is 0 Å². The minimum Gasteiger partial charge on any atom is -0.356 e. The van der Waals surface area contributed by atoms with Crippen LogP contribution in [0.15, 0.2) is 21.7 Å². The van der Waals surface area contributed by atoms with E-state index in [1.165, 1.54) is 28.5 Å². The number of nitrogens with zero attached hydrogens (tertiary/aromatic N) is 1. The molecule has 1 amide bonds. The maximum Gasteiger partial charge on any atom is 0.252 e. The Hall–Kier alpha value is -0.920. The summed E-state index contributed by atoms with van der Waals surface area (Å²) in [4.78, 5) is 12.3. The number of sulfonamides is 1. The van der Waals surface area contributed by atoms with Crippen LogP contribution in [0.25, 0.3) is 0 Å². The van der Waals surface area contributed by atoms with Gasteiger partial charge in [-0.2, -0.15) is 4.31 Å². The third-order valence-electron chi connectivity index (χ3n) is 4.17. The van der Waals surface area contributed by atoms with Gasteiger partial charge in [0, 0.05) is 19.6 Å². The highest BCUT2D eigenvalue weighted by atomic mass is 32.2. The van der Waals surface area contributed by atoms with E-state index in [2.05, 4.69) is 12.2 Å². The lowest BCUT2D eigenvalue weighted by atomic mass is 9.99. The lowest BCUT2D eigenvalue weighted by molar-refractivity contribution is -0.126. The smallest absolute Gasteiger partial charge is 0.252 e. The van der Waals surface area contributed by atoms with E-state index in [4.69, 9.17) is 0 Å². The summed E-state index contributed by atoms with van der Waals surface area (Å²) >= 11 is 1.22. The second-order valence-corrected chi connectivity index (χ2v) is 9.10. The summed E-state index contributed by atoms with van der Waals surface area (Å²) in [6.45, 7) is 3.64. The van der Waals surface area contributed by atoms with E-state index in [9.17, 15) is 13.2 Å². The molecule has 0 spiro atoms. The molecule has 1 aromatic rings. The number of nitrogens with one attached hydrogen (secondary N) is 1. The van der Waals surface area contributed by atoms with Gasteiger partial charge in [0.2, 0.25) is 5.91 Å². The summed E-state index contributed by atoms with van der Waals surface area (Å²) in [6.07, 6.45) is 5.97. The van der Waals surface area contributed by atoms with Gasteiger partial charge in [0.15, 0.2) is 0 Å². The molecule has 23 heavy (non-hydrogen) atoms. The van der Waals surface area contributed by atoms with E-state index < -0.39 is 10.0 Å². The van der Waals surface area contributed by atoms with Gasteiger partial charge in [-0.15, -0.1) is 11.3 Å². The fourth-order valence-electron chi connectivity index (χ4n) is 2.82. The molecule has 1 aromatic heterocycles. The molecule has 1 unspecified atom stereocenters. The zero-order valence-corrected chi connectivity index (χ0v) is 15.3. The number of carbonyl (C=O) groups excluding carboxylic acids is 1. The molecule has 2 heterocycles. The molecular formula is C16H26N2O3S2. The standard InChI is InChI=1S/C16H26N2O3S2/c1-2-3-4-5-10-17-16(19)14-8-6-11-18(13-14)23(20,21)15-9-7-12-22-15/h7,9,12,14H,2-6,8,10-11,13H2,1H3,(H,17,19). The number of carbonyl (C=O) groups is 1. The molecule has 0 aliphatic carbocycles.